The quantitative estimate of drug-likeness (QED) is 0.838. The van der Waals surface area contributed by atoms with Crippen LogP contribution < -0.4 is 4.90 Å². The Hall–Kier alpha value is -1.84. The SMILES string of the molecule is CCCC1CCN(c2ncc(/C=C/C(=O)O)cc2C)C1. The number of aliphatic carboxylic acids is 1. The lowest BCUT2D eigenvalue weighted by Crippen LogP contribution is -2.21. The molecule has 4 nitrogen and oxygen atoms in total. The summed E-state index contributed by atoms with van der Waals surface area (Å²) in [4.78, 5) is 17.4. The first-order valence-corrected chi connectivity index (χ1v) is 7.22. The van der Waals surface area contributed by atoms with Gasteiger partial charge in [-0.2, -0.15) is 0 Å². The standard InChI is InChI=1S/C16H22N2O2/c1-3-4-13-7-8-18(11-13)16-12(2)9-14(10-17-16)5-6-15(19)20/h5-6,9-10,13H,3-4,7-8,11H2,1-2H3,(H,19,20)/b6-5+. The largest absolute Gasteiger partial charge is 0.478 e. The Balaban J connectivity index is 2.08. The third-order valence-corrected chi connectivity index (χ3v) is 3.77. The number of aromatic nitrogens is 1. The van der Waals surface area contributed by atoms with E-state index in [1.54, 1.807) is 12.3 Å². The highest BCUT2D eigenvalue weighted by Gasteiger charge is 2.23. The van der Waals surface area contributed by atoms with E-state index >= 15 is 0 Å². The van der Waals surface area contributed by atoms with Gasteiger partial charge in [0.1, 0.15) is 5.82 Å². The fourth-order valence-corrected chi connectivity index (χ4v) is 2.85. The first-order chi connectivity index (χ1) is 9.60. The maximum absolute atomic E-state index is 10.5. The minimum Gasteiger partial charge on any atom is -0.478 e. The molecular weight excluding hydrogens is 252 g/mol. The van der Waals surface area contributed by atoms with Gasteiger partial charge in [0.2, 0.25) is 0 Å². The van der Waals surface area contributed by atoms with E-state index in [0.29, 0.717) is 0 Å². The predicted molar refractivity (Wildman–Crippen MR) is 80.9 cm³/mol. The molecule has 0 aromatic carbocycles. The highest BCUT2D eigenvalue weighted by Crippen LogP contribution is 2.27. The van der Waals surface area contributed by atoms with E-state index in [2.05, 4.69) is 16.8 Å². The molecule has 1 aliphatic heterocycles. The van der Waals surface area contributed by atoms with Crippen LogP contribution in [0.5, 0.6) is 0 Å². The molecule has 2 rings (SSSR count). The lowest BCUT2D eigenvalue weighted by Gasteiger charge is -2.19. The second-order valence-electron chi connectivity index (χ2n) is 5.47. The third kappa shape index (κ3) is 3.59. The van der Waals surface area contributed by atoms with Crippen LogP contribution in [-0.2, 0) is 4.79 Å². The number of nitrogens with zero attached hydrogens (tertiary/aromatic N) is 2. The van der Waals surface area contributed by atoms with Crippen LogP contribution in [0.3, 0.4) is 0 Å². The molecule has 0 aliphatic carbocycles. The van der Waals surface area contributed by atoms with Crippen molar-refractivity contribution in [3.05, 3.63) is 29.5 Å². The predicted octanol–water partition coefficient (Wildman–Crippen LogP) is 3.11. The molecule has 4 heteroatoms. The number of aryl methyl sites for hydroxylation is 1. The molecule has 1 fully saturated rings. The first kappa shape index (κ1) is 14.6. The number of hydrogen-bond donors (Lipinski definition) is 1. The van der Waals surface area contributed by atoms with Gasteiger partial charge in [-0.25, -0.2) is 9.78 Å². The van der Waals surface area contributed by atoms with Crippen molar-refractivity contribution < 1.29 is 9.90 Å². The number of pyridine rings is 1. The molecule has 1 unspecified atom stereocenters. The Morgan fingerprint density at radius 3 is 3.05 bits per heavy atom. The van der Waals surface area contributed by atoms with Gasteiger partial charge in [-0.1, -0.05) is 13.3 Å². The Kier molecular flexibility index (Phi) is 4.77. The summed E-state index contributed by atoms with van der Waals surface area (Å²) in [5.41, 5.74) is 1.94. The van der Waals surface area contributed by atoms with Crippen molar-refractivity contribution in [2.75, 3.05) is 18.0 Å². The number of carboxylic acids is 1. The molecule has 108 valence electrons. The monoisotopic (exact) mass is 274 g/mol. The minimum atomic E-state index is -0.936. The molecule has 1 aromatic rings. The number of carbonyl (C=O) groups is 1. The van der Waals surface area contributed by atoms with Crippen LogP contribution in [0.1, 0.15) is 37.3 Å². The lowest BCUT2D eigenvalue weighted by atomic mass is 10.0. The van der Waals surface area contributed by atoms with Crippen LogP contribution in [0.25, 0.3) is 6.08 Å². The van der Waals surface area contributed by atoms with E-state index < -0.39 is 5.97 Å². The summed E-state index contributed by atoms with van der Waals surface area (Å²) >= 11 is 0. The zero-order valence-electron chi connectivity index (χ0n) is 12.2. The third-order valence-electron chi connectivity index (χ3n) is 3.77. The molecule has 1 N–H and O–H groups in total. The Morgan fingerprint density at radius 1 is 1.60 bits per heavy atom. The normalized spacial score (nSPS) is 18.9. The van der Waals surface area contributed by atoms with Crippen LogP contribution in [0, 0.1) is 12.8 Å². The van der Waals surface area contributed by atoms with E-state index in [1.165, 1.54) is 19.3 Å². The molecule has 0 bridgehead atoms. The van der Waals surface area contributed by atoms with Crippen molar-refractivity contribution in [1.82, 2.24) is 4.98 Å². The molecule has 0 spiro atoms. The molecule has 1 aromatic heterocycles. The van der Waals surface area contributed by atoms with Crippen molar-refractivity contribution >= 4 is 17.9 Å². The zero-order valence-corrected chi connectivity index (χ0v) is 12.2. The number of hydrogen-bond acceptors (Lipinski definition) is 3. The van der Waals surface area contributed by atoms with E-state index in [1.807, 2.05) is 13.0 Å². The van der Waals surface area contributed by atoms with E-state index in [0.717, 1.165) is 42.0 Å². The van der Waals surface area contributed by atoms with Crippen molar-refractivity contribution in [2.24, 2.45) is 5.92 Å². The molecule has 0 radical (unpaired) electrons. The molecule has 0 saturated carbocycles. The topological polar surface area (TPSA) is 53.4 Å². The number of carboxylic acid groups (broad SMARTS) is 1. The van der Waals surface area contributed by atoms with Crippen LogP contribution in [0.2, 0.25) is 0 Å². The summed E-state index contributed by atoms with van der Waals surface area (Å²) in [5, 5.41) is 8.64. The van der Waals surface area contributed by atoms with E-state index in [4.69, 9.17) is 5.11 Å². The van der Waals surface area contributed by atoms with E-state index in [9.17, 15) is 4.79 Å². The van der Waals surface area contributed by atoms with Crippen LogP contribution in [0.4, 0.5) is 5.82 Å². The van der Waals surface area contributed by atoms with E-state index in [-0.39, 0.29) is 0 Å². The summed E-state index contributed by atoms with van der Waals surface area (Å²) in [7, 11) is 0. The number of anilines is 1. The molecule has 20 heavy (non-hydrogen) atoms. The summed E-state index contributed by atoms with van der Waals surface area (Å²) < 4.78 is 0. The van der Waals surface area contributed by atoms with Crippen LogP contribution in [0.15, 0.2) is 18.3 Å². The van der Waals surface area contributed by atoms with Gasteiger partial charge < -0.3 is 10.0 Å². The Morgan fingerprint density at radius 2 is 2.40 bits per heavy atom. The molecule has 2 heterocycles. The van der Waals surface area contributed by atoms with Crippen molar-refractivity contribution in [2.45, 2.75) is 33.1 Å². The summed E-state index contributed by atoms with van der Waals surface area (Å²) in [6.07, 6.45) is 8.24. The van der Waals surface area contributed by atoms with Crippen LogP contribution in [-0.4, -0.2) is 29.1 Å². The van der Waals surface area contributed by atoms with Gasteiger partial charge in [0.05, 0.1) is 0 Å². The van der Waals surface area contributed by atoms with Crippen molar-refractivity contribution in [3.63, 3.8) is 0 Å². The Bertz CT molecular complexity index is 511. The van der Waals surface area contributed by atoms with Gasteiger partial charge in [0.25, 0.3) is 0 Å². The summed E-state index contributed by atoms with van der Waals surface area (Å²) in [6.45, 7) is 6.43. The molecule has 0 amide bonds. The fourth-order valence-electron chi connectivity index (χ4n) is 2.85. The minimum absolute atomic E-state index is 0.785. The summed E-state index contributed by atoms with van der Waals surface area (Å²) in [6, 6.07) is 1.99. The van der Waals surface area contributed by atoms with Crippen molar-refractivity contribution in [1.29, 1.82) is 0 Å². The maximum Gasteiger partial charge on any atom is 0.328 e. The van der Waals surface area contributed by atoms with Gasteiger partial charge >= 0.3 is 5.97 Å². The number of rotatable bonds is 5. The van der Waals surface area contributed by atoms with Gasteiger partial charge in [0.15, 0.2) is 0 Å². The molecule has 1 atom stereocenters. The average molecular weight is 274 g/mol. The summed E-state index contributed by atoms with van der Waals surface area (Å²) in [5.74, 6) is 0.887. The maximum atomic E-state index is 10.5. The second-order valence-corrected chi connectivity index (χ2v) is 5.47. The highest BCUT2D eigenvalue weighted by atomic mass is 16.4. The second kappa shape index (κ2) is 6.55. The van der Waals surface area contributed by atoms with Crippen molar-refractivity contribution in [3.8, 4) is 0 Å². The highest BCUT2D eigenvalue weighted by molar-refractivity contribution is 5.85. The first-order valence-electron chi connectivity index (χ1n) is 7.22. The zero-order chi connectivity index (χ0) is 14.5. The molecule has 1 saturated heterocycles. The average Bonchev–Trinajstić information content (AvgIpc) is 2.85. The van der Waals surface area contributed by atoms with Gasteiger partial charge in [-0.3, -0.25) is 0 Å². The molecule has 1 aliphatic rings. The lowest BCUT2D eigenvalue weighted by molar-refractivity contribution is -0.131. The molecular formula is C16H22N2O2. The Labute approximate surface area is 120 Å². The van der Waals surface area contributed by atoms with Gasteiger partial charge in [-0.15, -0.1) is 0 Å². The fraction of sp³-hybridized carbons (Fsp3) is 0.500. The van der Waals surface area contributed by atoms with Gasteiger partial charge in [-0.05, 0) is 49.0 Å². The van der Waals surface area contributed by atoms with Gasteiger partial charge in [0, 0.05) is 25.4 Å². The van der Waals surface area contributed by atoms with Crippen LogP contribution >= 0.6 is 0 Å². The smallest absolute Gasteiger partial charge is 0.328 e.